The number of carbonyl (C=O) groups is 2. The first kappa shape index (κ1) is 26.5. The van der Waals surface area contributed by atoms with E-state index in [9.17, 15) is 9.59 Å². The minimum absolute atomic E-state index is 0.0626. The second-order valence-corrected chi connectivity index (χ2v) is 9.60. The highest BCUT2D eigenvalue weighted by Gasteiger charge is 2.28. The van der Waals surface area contributed by atoms with Crippen LogP contribution in [0.2, 0.25) is 5.02 Å². The third kappa shape index (κ3) is 6.21. The smallest absolute Gasteiger partial charge is 0.258 e. The third-order valence-corrected chi connectivity index (χ3v) is 6.61. The molecule has 6 nitrogen and oxygen atoms in total. The Bertz CT molecular complexity index is 1280. The Labute approximate surface area is 223 Å². The van der Waals surface area contributed by atoms with E-state index in [4.69, 9.17) is 11.6 Å². The molecule has 2 N–H and O–H groups in total. The van der Waals surface area contributed by atoms with Crippen LogP contribution in [0.25, 0.3) is 11.3 Å². The quantitative estimate of drug-likeness (QED) is 0.308. The van der Waals surface area contributed by atoms with Crippen LogP contribution in [0.4, 0.5) is 17.1 Å². The van der Waals surface area contributed by atoms with Gasteiger partial charge >= 0.3 is 0 Å². The van der Waals surface area contributed by atoms with Gasteiger partial charge in [-0.2, -0.15) is 0 Å². The molecule has 1 heterocycles. The van der Waals surface area contributed by atoms with Crippen LogP contribution in [0.3, 0.4) is 0 Å². The average Bonchev–Trinajstić information content (AvgIpc) is 3.22. The first-order valence-corrected chi connectivity index (χ1v) is 13.1. The Kier molecular flexibility index (Phi) is 8.64. The lowest BCUT2D eigenvalue weighted by molar-refractivity contribution is -0.119. The maximum atomic E-state index is 13.0. The molecule has 0 spiro atoms. The topological polar surface area (TPSA) is 64.7 Å². The summed E-state index contributed by atoms with van der Waals surface area (Å²) in [6, 6.07) is 22.8. The first-order valence-electron chi connectivity index (χ1n) is 12.7. The van der Waals surface area contributed by atoms with Gasteiger partial charge in [-0.1, -0.05) is 61.8 Å². The number of likely N-dealkylation sites (N-methyl/N-ethyl adjacent to an activating group) is 1. The normalized spacial score (nSPS) is 13.8. The molecule has 0 saturated carbocycles. The molecule has 1 aliphatic rings. The average molecular weight is 517 g/mol. The van der Waals surface area contributed by atoms with Crippen molar-refractivity contribution in [1.82, 2.24) is 4.90 Å². The summed E-state index contributed by atoms with van der Waals surface area (Å²) in [5, 5.41) is 6.95. The lowest BCUT2D eigenvalue weighted by Gasteiger charge is -2.24. The molecule has 0 bridgehead atoms. The number of nitrogens with one attached hydrogen (secondary N) is 2. The monoisotopic (exact) mass is 516 g/mol. The van der Waals surface area contributed by atoms with Crippen molar-refractivity contribution in [2.24, 2.45) is 0 Å². The van der Waals surface area contributed by atoms with Gasteiger partial charge in [0.2, 0.25) is 5.91 Å². The fraction of sp³-hybridized carbons (Fsp3) is 0.267. The standard InChI is InChI=1S/C30H33ClN4O2/c1-4-17-35(18-5-2)20-27(36)34(3)24-14-12-23(13-15-24)32-29(21-9-7-6-8-10-21)28-25-16-11-22(31)19-26(25)33-30(28)37/h6-16,19,32H,4-5,17-18,20H2,1-3H3,(H,33,37). The highest BCUT2D eigenvalue weighted by molar-refractivity contribution is 6.38. The summed E-state index contributed by atoms with van der Waals surface area (Å²) in [4.78, 5) is 29.9. The number of carbonyl (C=O) groups excluding carboxylic acids is 2. The Morgan fingerprint density at radius 1 is 0.946 bits per heavy atom. The Balaban J connectivity index is 1.60. The molecule has 0 radical (unpaired) electrons. The van der Waals surface area contributed by atoms with Gasteiger partial charge in [0, 0.05) is 29.0 Å². The molecule has 192 valence electrons. The van der Waals surface area contributed by atoms with Crippen molar-refractivity contribution in [3.63, 3.8) is 0 Å². The van der Waals surface area contributed by atoms with E-state index in [2.05, 4.69) is 29.4 Å². The number of amides is 2. The van der Waals surface area contributed by atoms with Crippen LogP contribution in [0.1, 0.15) is 37.8 Å². The summed E-state index contributed by atoms with van der Waals surface area (Å²) in [5.41, 5.74) is 5.26. The van der Waals surface area contributed by atoms with Gasteiger partial charge in [0.05, 0.1) is 23.5 Å². The van der Waals surface area contributed by atoms with Gasteiger partial charge in [-0.3, -0.25) is 14.5 Å². The summed E-state index contributed by atoms with van der Waals surface area (Å²) in [7, 11) is 1.81. The van der Waals surface area contributed by atoms with Crippen molar-refractivity contribution < 1.29 is 9.59 Å². The van der Waals surface area contributed by atoms with Crippen molar-refractivity contribution in [2.75, 3.05) is 42.2 Å². The molecule has 1 aliphatic heterocycles. The van der Waals surface area contributed by atoms with E-state index in [-0.39, 0.29) is 11.8 Å². The molecular formula is C30H33ClN4O2. The summed E-state index contributed by atoms with van der Waals surface area (Å²) < 4.78 is 0. The Hall–Kier alpha value is -3.61. The van der Waals surface area contributed by atoms with Crippen LogP contribution in [0.5, 0.6) is 0 Å². The van der Waals surface area contributed by atoms with Crippen LogP contribution < -0.4 is 15.5 Å². The fourth-order valence-corrected chi connectivity index (χ4v) is 4.71. The van der Waals surface area contributed by atoms with Gasteiger partial charge in [0.1, 0.15) is 0 Å². The molecule has 3 aromatic carbocycles. The van der Waals surface area contributed by atoms with Crippen LogP contribution in [-0.2, 0) is 9.59 Å². The van der Waals surface area contributed by atoms with Crippen LogP contribution in [-0.4, -0.2) is 43.4 Å². The molecule has 0 fully saturated rings. The van der Waals surface area contributed by atoms with Gasteiger partial charge in [-0.05, 0) is 67.9 Å². The van der Waals surface area contributed by atoms with Gasteiger partial charge < -0.3 is 15.5 Å². The van der Waals surface area contributed by atoms with Crippen LogP contribution >= 0.6 is 11.6 Å². The number of rotatable bonds is 10. The van der Waals surface area contributed by atoms with Crippen molar-refractivity contribution in [1.29, 1.82) is 0 Å². The lowest BCUT2D eigenvalue weighted by atomic mass is 10.00. The highest BCUT2D eigenvalue weighted by Crippen LogP contribution is 2.38. The zero-order valence-corrected chi connectivity index (χ0v) is 22.3. The molecule has 7 heteroatoms. The molecule has 3 aromatic rings. The van der Waals surface area contributed by atoms with E-state index in [1.807, 2.05) is 67.7 Å². The fourth-order valence-electron chi connectivity index (χ4n) is 4.53. The van der Waals surface area contributed by atoms with E-state index < -0.39 is 0 Å². The predicted molar refractivity (Wildman–Crippen MR) is 154 cm³/mol. The molecular weight excluding hydrogens is 484 g/mol. The van der Waals surface area contributed by atoms with Gasteiger partial charge in [0.15, 0.2) is 0 Å². The van der Waals surface area contributed by atoms with Crippen molar-refractivity contribution >= 4 is 51.7 Å². The summed E-state index contributed by atoms with van der Waals surface area (Å²) in [6.45, 7) is 6.49. The zero-order chi connectivity index (χ0) is 26.4. The zero-order valence-electron chi connectivity index (χ0n) is 21.6. The highest BCUT2D eigenvalue weighted by atomic mass is 35.5. The largest absolute Gasteiger partial charge is 0.354 e. The maximum absolute atomic E-state index is 13.0. The van der Waals surface area contributed by atoms with E-state index >= 15 is 0 Å². The van der Waals surface area contributed by atoms with Crippen molar-refractivity contribution in [3.05, 3.63) is 88.9 Å². The number of halogens is 1. The molecule has 0 aromatic heterocycles. The molecule has 2 amide bonds. The SMILES string of the molecule is CCCN(CCC)CC(=O)N(C)c1ccc(NC(=C2C(=O)Nc3cc(Cl)ccc32)c2ccccc2)cc1. The first-order chi connectivity index (χ1) is 17.9. The Morgan fingerprint density at radius 3 is 2.27 bits per heavy atom. The molecule has 0 unspecified atom stereocenters. The van der Waals surface area contributed by atoms with E-state index in [0.29, 0.717) is 28.5 Å². The predicted octanol–water partition coefficient (Wildman–Crippen LogP) is 6.36. The van der Waals surface area contributed by atoms with Crippen molar-refractivity contribution in [2.45, 2.75) is 26.7 Å². The molecule has 37 heavy (non-hydrogen) atoms. The second-order valence-electron chi connectivity index (χ2n) is 9.16. The molecule has 4 rings (SSSR count). The van der Waals surface area contributed by atoms with E-state index in [1.54, 1.807) is 17.0 Å². The third-order valence-electron chi connectivity index (χ3n) is 6.38. The number of hydrogen-bond acceptors (Lipinski definition) is 4. The molecule has 0 aliphatic carbocycles. The number of hydrogen-bond donors (Lipinski definition) is 2. The lowest BCUT2D eigenvalue weighted by Crippen LogP contribution is -2.39. The summed E-state index contributed by atoms with van der Waals surface area (Å²) in [5.74, 6) is -0.123. The van der Waals surface area contributed by atoms with Crippen molar-refractivity contribution in [3.8, 4) is 0 Å². The van der Waals surface area contributed by atoms with Crippen LogP contribution in [0, 0.1) is 0 Å². The number of nitrogens with zero attached hydrogens (tertiary/aromatic N) is 2. The van der Waals surface area contributed by atoms with Gasteiger partial charge in [-0.15, -0.1) is 0 Å². The minimum Gasteiger partial charge on any atom is -0.354 e. The Morgan fingerprint density at radius 2 is 1.62 bits per heavy atom. The maximum Gasteiger partial charge on any atom is 0.258 e. The summed E-state index contributed by atoms with van der Waals surface area (Å²) in [6.07, 6.45) is 2.04. The van der Waals surface area contributed by atoms with Gasteiger partial charge in [-0.25, -0.2) is 0 Å². The van der Waals surface area contributed by atoms with Crippen LogP contribution in [0.15, 0.2) is 72.8 Å². The number of benzene rings is 3. The second kappa shape index (κ2) is 12.1. The number of anilines is 3. The molecule has 0 atom stereocenters. The van der Waals surface area contributed by atoms with E-state index in [1.165, 1.54) is 0 Å². The van der Waals surface area contributed by atoms with E-state index in [0.717, 1.165) is 48.4 Å². The molecule has 0 saturated heterocycles. The van der Waals surface area contributed by atoms with Gasteiger partial charge in [0.25, 0.3) is 5.91 Å². The minimum atomic E-state index is -0.186. The number of fused-ring (bicyclic) bond motifs is 1. The summed E-state index contributed by atoms with van der Waals surface area (Å²) >= 11 is 6.15.